The number of nitrogen functional groups attached to an aromatic ring is 4. The van der Waals surface area contributed by atoms with E-state index in [1.54, 1.807) is 52.0 Å². The number of nitrogens with zero attached hydrogens (tertiary/aromatic N) is 12. The number of rotatable bonds is 12. The molecule has 2 aliphatic rings. The van der Waals surface area contributed by atoms with Gasteiger partial charge in [-0.1, -0.05) is 24.3 Å². The van der Waals surface area contributed by atoms with Gasteiger partial charge in [-0.15, -0.1) is 0 Å². The van der Waals surface area contributed by atoms with Gasteiger partial charge in [0.25, 0.3) is 0 Å². The van der Waals surface area contributed by atoms with Crippen LogP contribution in [0.1, 0.15) is 22.8 Å². The van der Waals surface area contributed by atoms with E-state index in [0.29, 0.717) is 45.5 Å². The molecule has 10 rings (SSSR count). The number of aromatic nitrogens is 8. The smallest absolute Gasteiger partial charge is 0.229 e. The summed E-state index contributed by atoms with van der Waals surface area (Å²) in [5.41, 5.74) is 26.5. The van der Waals surface area contributed by atoms with Crippen LogP contribution < -0.4 is 44.2 Å². The van der Waals surface area contributed by atoms with Gasteiger partial charge in [0.2, 0.25) is 40.1 Å². The van der Waals surface area contributed by atoms with Crippen molar-refractivity contribution in [1.29, 1.82) is 0 Å². The lowest BCUT2D eigenvalue weighted by atomic mass is 10.3. The van der Waals surface area contributed by atoms with Crippen molar-refractivity contribution in [1.82, 2.24) is 39.9 Å². The fourth-order valence-electron chi connectivity index (χ4n) is 6.64. The standard InChI is InChI=1S/4C11H11N4O2S.2C4H10N2/c4*1-8-6-7-13-11(14-8)15-18(16,17)10-4-2-9(12)3-5-10;2*1-2-6-4-3-5-1/h4*2-7H,12H2,1H3;2*5-6H,1-4H2/q4*-1;;/p+4. The van der Waals surface area contributed by atoms with Crippen molar-refractivity contribution in [3.8, 4) is 0 Å². The van der Waals surface area contributed by atoms with Crippen molar-refractivity contribution < 1.29 is 54.9 Å². The Labute approximate surface area is 489 Å². The summed E-state index contributed by atoms with van der Waals surface area (Å²) in [6.07, 6.45) is 5.83. The zero-order valence-corrected chi connectivity index (χ0v) is 49.7. The van der Waals surface area contributed by atoms with Gasteiger partial charge in [-0.05, 0) is 172 Å². The van der Waals surface area contributed by atoms with Gasteiger partial charge in [-0.3, -0.25) is 18.9 Å². The molecule has 28 nitrogen and oxygen atoms in total. The van der Waals surface area contributed by atoms with Crippen LogP contribution >= 0.6 is 0 Å². The highest BCUT2D eigenvalue weighted by Gasteiger charge is 2.15. The Hall–Kier alpha value is -8.76. The zero-order chi connectivity index (χ0) is 61.2. The van der Waals surface area contributed by atoms with Gasteiger partial charge in [0, 0.05) is 46.5 Å². The molecule has 0 unspecified atom stereocenters. The first-order valence-electron chi connectivity index (χ1n) is 25.7. The van der Waals surface area contributed by atoms with E-state index >= 15 is 0 Å². The molecular formula is C52H68N20O8S4. The zero-order valence-electron chi connectivity index (χ0n) is 46.4. The Morgan fingerprint density at radius 1 is 0.298 bits per heavy atom. The normalized spacial score (nSPS) is 13.0. The second-order valence-electron chi connectivity index (χ2n) is 18.0. The first kappa shape index (κ1) is 66.0. The maximum absolute atomic E-state index is 11.9. The third kappa shape index (κ3) is 23.6. The van der Waals surface area contributed by atoms with E-state index < -0.39 is 40.1 Å². The van der Waals surface area contributed by atoms with Crippen molar-refractivity contribution in [3.05, 3.63) is 188 Å². The Kier molecular flexibility index (Phi) is 25.3. The molecule has 6 heterocycles. The summed E-state index contributed by atoms with van der Waals surface area (Å²) in [4.78, 5) is 31.1. The lowest BCUT2D eigenvalue weighted by Crippen LogP contribution is -3.04. The van der Waals surface area contributed by atoms with Crippen LogP contribution in [0.25, 0.3) is 18.9 Å². The molecule has 448 valence electrons. The molecule has 0 atom stereocenters. The van der Waals surface area contributed by atoms with Crippen LogP contribution in [0.4, 0.5) is 46.5 Å². The number of anilines is 4. The predicted octanol–water partition coefficient (Wildman–Crippen LogP) is 1.30. The van der Waals surface area contributed by atoms with Gasteiger partial charge >= 0.3 is 0 Å². The molecule has 0 spiro atoms. The van der Waals surface area contributed by atoms with E-state index in [0.717, 1.165) is 0 Å². The summed E-state index contributed by atoms with van der Waals surface area (Å²) in [5, 5.41) is 9.44. The number of nitrogens with two attached hydrogens (primary N) is 8. The summed E-state index contributed by atoms with van der Waals surface area (Å²) in [6.45, 7) is 17.5. The van der Waals surface area contributed by atoms with E-state index in [-0.39, 0.29) is 43.4 Å². The molecule has 0 saturated carbocycles. The molecule has 4 aromatic heterocycles. The van der Waals surface area contributed by atoms with Gasteiger partial charge < -0.3 is 84.1 Å². The van der Waals surface area contributed by atoms with Crippen LogP contribution in [0.5, 0.6) is 0 Å². The van der Waals surface area contributed by atoms with Crippen LogP contribution in [0, 0.1) is 27.7 Å². The van der Waals surface area contributed by atoms with Crippen LogP contribution in [0.3, 0.4) is 0 Å². The topological polar surface area (TPSA) is 467 Å². The molecule has 2 saturated heterocycles. The van der Waals surface area contributed by atoms with Gasteiger partial charge in [-0.25, -0.2) is 33.7 Å². The quantitative estimate of drug-likeness (QED) is 0.0799. The molecule has 16 N–H and O–H groups in total. The molecule has 2 fully saturated rings. The number of benzene rings is 4. The van der Waals surface area contributed by atoms with Gasteiger partial charge in [0.15, 0.2) is 0 Å². The molecule has 0 aliphatic carbocycles. The number of quaternary nitrogens is 4. The lowest BCUT2D eigenvalue weighted by molar-refractivity contribution is -0.787. The van der Waals surface area contributed by atoms with Crippen molar-refractivity contribution in [2.75, 3.05) is 75.3 Å². The number of hydrogen-bond acceptors (Lipinski definition) is 20. The van der Waals surface area contributed by atoms with Gasteiger partial charge in [0.05, 0.1) is 19.6 Å². The minimum Gasteiger partial charge on any atom is -0.399 e. The lowest BCUT2D eigenvalue weighted by Gasteiger charge is -2.13. The fraction of sp³-hybridized carbons (Fsp3) is 0.231. The summed E-state index contributed by atoms with van der Waals surface area (Å²) in [5.74, 6) is -0.308. The predicted molar refractivity (Wildman–Crippen MR) is 318 cm³/mol. The monoisotopic (exact) mass is 1230 g/mol. The van der Waals surface area contributed by atoms with E-state index in [4.69, 9.17) is 22.9 Å². The average molecular weight is 1230 g/mol. The Morgan fingerprint density at radius 3 is 0.607 bits per heavy atom. The van der Waals surface area contributed by atoms with Crippen molar-refractivity contribution in [3.63, 3.8) is 0 Å². The van der Waals surface area contributed by atoms with Crippen molar-refractivity contribution >= 4 is 86.6 Å². The second-order valence-corrected chi connectivity index (χ2v) is 24.4. The summed E-state index contributed by atoms with van der Waals surface area (Å²) < 4.78 is 110. The molecule has 0 bridgehead atoms. The maximum atomic E-state index is 11.9. The third-order valence-corrected chi connectivity index (χ3v) is 16.0. The van der Waals surface area contributed by atoms with Crippen molar-refractivity contribution in [2.24, 2.45) is 0 Å². The first-order chi connectivity index (χ1) is 39.9. The van der Waals surface area contributed by atoms with E-state index in [1.165, 1.54) is 174 Å². The molecular weight excluding hydrogens is 1160 g/mol. The Balaban J connectivity index is 0.000000191. The highest BCUT2D eigenvalue weighted by molar-refractivity contribution is 7.95. The van der Waals surface area contributed by atoms with E-state index in [9.17, 15) is 33.7 Å². The van der Waals surface area contributed by atoms with Crippen molar-refractivity contribution in [2.45, 2.75) is 47.3 Å². The Morgan fingerprint density at radius 2 is 0.464 bits per heavy atom. The van der Waals surface area contributed by atoms with Crippen LogP contribution in [-0.2, 0) is 40.1 Å². The van der Waals surface area contributed by atoms with Crippen LogP contribution in [0.15, 0.2) is 166 Å². The molecule has 0 radical (unpaired) electrons. The average Bonchev–Trinajstić information content (AvgIpc) is 3.35. The summed E-state index contributed by atoms with van der Waals surface area (Å²) in [6, 6.07) is 29.8. The maximum Gasteiger partial charge on any atom is 0.229 e. The van der Waals surface area contributed by atoms with E-state index in [1.807, 2.05) is 0 Å². The molecule has 2 aliphatic heterocycles. The largest absolute Gasteiger partial charge is 0.399 e. The summed E-state index contributed by atoms with van der Waals surface area (Å²) in [7, 11) is -15.2. The first-order valence-corrected chi connectivity index (χ1v) is 31.4. The highest BCUT2D eigenvalue weighted by Crippen LogP contribution is 2.28. The van der Waals surface area contributed by atoms with Gasteiger partial charge in [0.1, 0.15) is 52.4 Å². The molecule has 4 aromatic carbocycles. The highest BCUT2D eigenvalue weighted by atomic mass is 32.2. The van der Waals surface area contributed by atoms with E-state index in [2.05, 4.69) is 80.0 Å². The molecule has 0 amide bonds. The molecule has 8 aromatic rings. The molecule has 84 heavy (non-hydrogen) atoms. The third-order valence-electron chi connectivity index (χ3n) is 10.9. The van der Waals surface area contributed by atoms with Gasteiger partial charge in [-0.2, -0.15) is 0 Å². The number of hydrogen-bond donors (Lipinski definition) is 8. The minimum atomic E-state index is -3.80. The fourth-order valence-corrected chi connectivity index (χ4v) is 10.2. The Bertz CT molecular complexity index is 3280. The molecule has 32 heteroatoms. The number of aryl methyl sites for hydroxylation is 4. The number of piperazine rings is 2. The SMILES string of the molecule is C1C[NH2+]CC[NH2+]1.C1C[NH2+]CC[NH2+]1.Cc1ccnc([N-]S(=O)(=O)c2ccc(N)cc2)n1.Cc1ccnc([N-]S(=O)(=O)c2ccc(N)cc2)n1.Cc1ccnc([N-]S(=O)(=O)c2ccc(N)cc2)n1.Cc1ccnc([N-]S(=O)(=O)c2ccc(N)cc2)n1. The second kappa shape index (κ2) is 32.2. The van der Waals surface area contributed by atoms with Crippen LogP contribution in [0.2, 0.25) is 0 Å². The minimum absolute atomic E-state index is 0.0572. The number of sulfonamides is 4. The van der Waals surface area contributed by atoms with Crippen LogP contribution in [-0.4, -0.2) is 126 Å². The summed E-state index contributed by atoms with van der Waals surface area (Å²) >= 11 is 0.